The number of benzene rings is 2. The number of carbonyl (C=O) groups excluding carboxylic acids is 1. The molecule has 1 heterocycles. The molecule has 0 atom stereocenters. The number of likely N-dealkylation sites (N-methyl/N-ethyl adjacent to an activating group) is 1. The number of hydrogen-bond acceptors (Lipinski definition) is 6. The first-order valence-electron chi connectivity index (χ1n) is 11.4. The van der Waals surface area contributed by atoms with E-state index in [2.05, 4.69) is 62.6 Å². The van der Waals surface area contributed by atoms with Gasteiger partial charge in [-0.05, 0) is 68.8 Å². The maximum absolute atomic E-state index is 11.1. The van der Waals surface area contributed by atoms with Crippen molar-refractivity contribution < 1.29 is 14.3 Å². The number of amides is 1. The lowest BCUT2D eigenvalue weighted by Crippen LogP contribution is -2.30. The molecule has 3 rings (SSSR count). The molecule has 0 radical (unpaired) electrons. The molecule has 2 aromatic rings. The summed E-state index contributed by atoms with van der Waals surface area (Å²) in [5, 5.41) is 0. The molecule has 34 heavy (non-hydrogen) atoms. The molecule has 0 bridgehead atoms. The van der Waals surface area contributed by atoms with Crippen molar-refractivity contribution in [3.8, 4) is 11.5 Å². The lowest BCUT2D eigenvalue weighted by atomic mass is 9.95. The molecule has 1 aliphatic rings. The first-order valence-corrected chi connectivity index (χ1v) is 11.4. The fourth-order valence-corrected chi connectivity index (χ4v) is 4.22. The molecule has 0 spiro atoms. The predicted molar refractivity (Wildman–Crippen MR) is 140 cm³/mol. The summed E-state index contributed by atoms with van der Waals surface area (Å²) in [7, 11) is 5.33. The summed E-state index contributed by atoms with van der Waals surface area (Å²) < 4.78 is 10.8. The molecule has 0 aliphatic carbocycles. The van der Waals surface area contributed by atoms with Gasteiger partial charge in [-0.3, -0.25) is 9.79 Å². The second-order valence-electron chi connectivity index (χ2n) is 8.42. The Kier molecular flexibility index (Phi) is 10.1. The van der Waals surface area contributed by atoms with Crippen molar-refractivity contribution in [2.75, 3.05) is 47.4 Å². The standard InChI is InChI=1S/C17H25N3O3.C10H13N/c1-19-7-4-13-10-16(22-2)17(23-3)11-14(13)15(19)5-8-20(12-21)9-6-18;1-7-5-8(2)10(11-4)9(3)6-7/h5,10-12H,4,6-9,18H2,1-3H3;5-6H,4H2,1-3H3/b15-5-;. The van der Waals surface area contributed by atoms with E-state index in [-0.39, 0.29) is 0 Å². The van der Waals surface area contributed by atoms with E-state index in [1.54, 1.807) is 19.1 Å². The Bertz CT molecular complexity index is 1010. The predicted octanol–water partition coefficient (Wildman–Crippen LogP) is 3.89. The largest absolute Gasteiger partial charge is 0.493 e. The molecule has 0 saturated heterocycles. The molecule has 0 saturated carbocycles. The Morgan fingerprint density at radius 2 is 1.74 bits per heavy atom. The van der Waals surface area contributed by atoms with Crippen LogP contribution in [0.25, 0.3) is 5.70 Å². The number of fused-ring (bicyclic) bond motifs is 1. The van der Waals surface area contributed by atoms with E-state index in [1.807, 2.05) is 12.1 Å². The fourth-order valence-electron chi connectivity index (χ4n) is 4.22. The Morgan fingerprint density at radius 1 is 1.12 bits per heavy atom. The molecular weight excluding hydrogens is 428 g/mol. The van der Waals surface area contributed by atoms with Gasteiger partial charge >= 0.3 is 0 Å². The van der Waals surface area contributed by atoms with Gasteiger partial charge in [-0.15, -0.1) is 0 Å². The summed E-state index contributed by atoms with van der Waals surface area (Å²) >= 11 is 0. The molecule has 7 nitrogen and oxygen atoms in total. The average Bonchev–Trinajstić information content (AvgIpc) is 2.81. The van der Waals surface area contributed by atoms with Crippen molar-refractivity contribution in [1.29, 1.82) is 0 Å². The lowest BCUT2D eigenvalue weighted by Gasteiger charge is -2.31. The van der Waals surface area contributed by atoms with Crippen molar-refractivity contribution in [1.82, 2.24) is 9.80 Å². The van der Waals surface area contributed by atoms with Crippen LogP contribution in [-0.4, -0.2) is 70.4 Å². The molecule has 0 fully saturated rings. The summed E-state index contributed by atoms with van der Waals surface area (Å²) in [4.78, 5) is 18.9. The van der Waals surface area contributed by atoms with Gasteiger partial charge in [0.15, 0.2) is 11.5 Å². The fraction of sp³-hybridized carbons (Fsp3) is 0.407. The van der Waals surface area contributed by atoms with E-state index in [0.29, 0.717) is 25.4 Å². The van der Waals surface area contributed by atoms with Crippen molar-refractivity contribution in [3.63, 3.8) is 0 Å². The maximum Gasteiger partial charge on any atom is 0.210 e. The summed E-state index contributed by atoms with van der Waals surface area (Å²) in [6, 6.07) is 8.28. The highest BCUT2D eigenvalue weighted by molar-refractivity contribution is 5.72. The molecule has 1 amide bonds. The van der Waals surface area contributed by atoms with Crippen LogP contribution in [0.4, 0.5) is 5.69 Å². The molecule has 0 unspecified atom stereocenters. The Morgan fingerprint density at radius 3 is 2.26 bits per heavy atom. The minimum Gasteiger partial charge on any atom is -0.493 e. The normalized spacial score (nSPS) is 13.5. The lowest BCUT2D eigenvalue weighted by molar-refractivity contribution is -0.117. The van der Waals surface area contributed by atoms with Crippen molar-refractivity contribution in [2.45, 2.75) is 27.2 Å². The van der Waals surface area contributed by atoms with Crippen LogP contribution in [0.1, 0.15) is 27.8 Å². The summed E-state index contributed by atoms with van der Waals surface area (Å²) in [6.45, 7) is 12.2. The van der Waals surface area contributed by atoms with Gasteiger partial charge in [0.05, 0.1) is 19.9 Å². The van der Waals surface area contributed by atoms with E-state index in [0.717, 1.165) is 42.1 Å². The number of ether oxygens (including phenoxy) is 2. The number of nitrogens with two attached hydrogens (primary N) is 1. The SMILES string of the molecule is C=Nc1c(C)cc(C)cc1C.COc1cc2c(cc1OC)/C(=C/CN(C=O)CCN)N(C)CC2. The van der Waals surface area contributed by atoms with Crippen LogP contribution in [0.15, 0.2) is 35.3 Å². The van der Waals surface area contributed by atoms with Gasteiger partial charge in [0.1, 0.15) is 0 Å². The molecule has 7 heteroatoms. The van der Waals surface area contributed by atoms with Crippen LogP contribution >= 0.6 is 0 Å². The zero-order chi connectivity index (χ0) is 25.3. The van der Waals surface area contributed by atoms with Crippen molar-refractivity contribution in [2.24, 2.45) is 10.7 Å². The summed E-state index contributed by atoms with van der Waals surface area (Å²) in [5.41, 5.74) is 13.7. The number of aryl methyl sites for hydroxylation is 3. The van der Waals surface area contributed by atoms with Gasteiger partial charge in [0.2, 0.25) is 6.41 Å². The van der Waals surface area contributed by atoms with E-state index >= 15 is 0 Å². The second-order valence-corrected chi connectivity index (χ2v) is 8.42. The van der Waals surface area contributed by atoms with Crippen LogP contribution < -0.4 is 15.2 Å². The van der Waals surface area contributed by atoms with Gasteiger partial charge in [-0.25, -0.2) is 0 Å². The van der Waals surface area contributed by atoms with E-state index in [9.17, 15) is 4.79 Å². The van der Waals surface area contributed by atoms with Gasteiger partial charge < -0.3 is 25.0 Å². The number of rotatable bonds is 8. The minimum atomic E-state index is 0.458. The topological polar surface area (TPSA) is 80.4 Å². The van der Waals surface area contributed by atoms with Crippen LogP contribution in [0.5, 0.6) is 11.5 Å². The van der Waals surface area contributed by atoms with Crippen LogP contribution in [0.2, 0.25) is 0 Å². The van der Waals surface area contributed by atoms with Crippen LogP contribution in [0.3, 0.4) is 0 Å². The van der Waals surface area contributed by atoms with Gasteiger partial charge in [-0.2, -0.15) is 0 Å². The molecule has 2 aromatic carbocycles. The third-order valence-electron chi connectivity index (χ3n) is 5.89. The number of carbonyl (C=O) groups is 1. The van der Waals surface area contributed by atoms with E-state index in [4.69, 9.17) is 15.2 Å². The number of hydrogen-bond donors (Lipinski definition) is 1. The highest BCUT2D eigenvalue weighted by Crippen LogP contribution is 2.37. The summed E-state index contributed by atoms with van der Waals surface area (Å²) in [6.07, 6.45) is 3.85. The van der Waals surface area contributed by atoms with Crippen molar-refractivity contribution >= 4 is 24.5 Å². The molecule has 1 aliphatic heterocycles. The average molecular weight is 467 g/mol. The third kappa shape index (κ3) is 6.60. The van der Waals surface area contributed by atoms with Gasteiger partial charge in [0.25, 0.3) is 0 Å². The summed E-state index contributed by atoms with van der Waals surface area (Å²) in [5.74, 6) is 1.45. The Hall–Kier alpha value is -3.32. The highest BCUT2D eigenvalue weighted by atomic mass is 16.5. The Balaban J connectivity index is 0.000000310. The Labute approximate surface area is 203 Å². The third-order valence-corrected chi connectivity index (χ3v) is 5.89. The minimum absolute atomic E-state index is 0.458. The number of methoxy groups -OCH3 is 2. The monoisotopic (exact) mass is 466 g/mol. The first kappa shape index (κ1) is 26.9. The number of nitrogens with zero attached hydrogens (tertiary/aromatic N) is 3. The zero-order valence-electron chi connectivity index (χ0n) is 21.4. The van der Waals surface area contributed by atoms with Gasteiger partial charge in [-0.1, -0.05) is 17.7 Å². The zero-order valence-corrected chi connectivity index (χ0v) is 21.4. The highest BCUT2D eigenvalue weighted by Gasteiger charge is 2.21. The van der Waals surface area contributed by atoms with Crippen LogP contribution in [-0.2, 0) is 11.2 Å². The van der Waals surface area contributed by atoms with E-state index < -0.39 is 0 Å². The first-order chi connectivity index (χ1) is 16.3. The van der Waals surface area contributed by atoms with Gasteiger partial charge in [0, 0.05) is 44.5 Å². The van der Waals surface area contributed by atoms with Crippen LogP contribution in [0, 0.1) is 20.8 Å². The van der Waals surface area contributed by atoms with Crippen molar-refractivity contribution in [3.05, 3.63) is 58.2 Å². The smallest absolute Gasteiger partial charge is 0.210 e. The second kappa shape index (κ2) is 12.8. The molecule has 184 valence electrons. The quantitative estimate of drug-likeness (QED) is 0.472. The molecule has 2 N–H and O–H groups in total. The molecular formula is C27H38N4O3. The maximum atomic E-state index is 11.1. The molecule has 0 aromatic heterocycles. The van der Waals surface area contributed by atoms with E-state index in [1.165, 1.54) is 22.3 Å². The number of aliphatic imine (C=N–C) groups is 1.